The van der Waals surface area contributed by atoms with Crippen molar-refractivity contribution < 1.29 is 39.6 Å². The van der Waals surface area contributed by atoms with Gasteiger partial charge >= 0.3 is 23.9 Å². The van der Waals surface area contributed by atoms with Gasteiger partial charge in [0.15, 0.2) is 0 Å². The van der Waals surface area contributed by atoms with E-state index in [1.165, 1.54) is 24.3 Å². The molecule has 0 aliphatic carbocycles. The molecule has 0 radical (unpaired) electrons. The van der Waals surface area contributed by atoms with Crippen molar-refractivity contribution in [1.29, 1.82) is 0 Å². The Morgan fingerprint density at radius 3 is 1.47 bits per heavy atom. The summed E-state index contributed by atoms with van der Waals surface area (Å²) in [4.78, 5) is 48.6. The first-order valence-electron chi connectivity index (χ1n) is 11.3. The molecule has 0 saturated heterocycles. The molecule has 0 aromatic heterocycles. The van der Waals surface area contributed by atoms with E-state index in [1.54, 1.807) is 18.2 Å². The van der Waals surface area contributed by atoms with Crippen LogP contribution >= 0.6 is 0 Å². The maximum Gasteiger partial charge on any atom is 0.336 e. The Morgan fingerprint density at radius 2 is 1.00 bits per heavy atom. The van der Waals surface area contributed by atoms with Crippen LogP contribution in [0.2, 0.25) is 0 Å². The van der Waals surface area contributed by atoms with E-state index in [4.69, 9.17) is 0 Å². The van der Waals surface area contributed by atoms with E-state index < -0.39 is 23.9 Å². The normalized spacial score (nSPS) is 11.6. The van der Waals surface area contributed by atoms with E-state index in [1.807, 2.05) is 6.92 Å². The molecule has 180 valence electrons. The molecule has 0 heterocycles. The number of aromatic carboxylic acids is 4. The molecule has 0 aliphatic rings. The van der Waals surface area contributed by atoms with Crippen molar-refractivity contribution in [2.75, 3.05) is 0 Å². The topological polar surface area (TPSA) is 149 Å². The number of carbonyl (C=O) groups is 4. The van der Waals surface area contributed by atoms with Crippen LogP contribution in [0.3, 0.4) is 0 Å². The maximum atomic E-state index is 12.3. The fraction of sp³-hybridized carbons (Fsp3) is 0.143. The van der Waals surface area contributed by atoms with E-state index in [0.717, 1.165) is 12.8 Å². The smallest absolute Gasteiger partial charge is 0.336 e. The van der Waals surface area contributed by atoms with Gasteiger partial charge in [0.2, 0.25) is 0 Å². The van der Waals surface area contributed by atoms with Gasteiger partial charge in [-0.1, -0.05) is 31.5 Å². The molecular formula is C28H20O8. The van der Waals surface area contributed by atoms with E-state index in [9.17, 15) is 39.6 Å². The molecule has 5 aromatic rings. The van der Waals surface area contributed by atoms with Gasteiger partial charge < -0.3 is 20.4 Å². The van der Waals surface area contributed by atoms with Crippen LogP contribution in [-0.2, 0) is 6.42 Å². The van der Waals surface area contributed by atoms with Crippen molar-refractivity contribution in [2.24, 2.45) is 0 Å². The van der Waals surface area contributed by atoms with Crippen LogP contribution in [-0.4, -0.2) is 44.3 Å². The van der Waals surface area contributed by atoms with Crippen LogP contribution in [0, 0.1) is 0 Å². The average Bonchev–Trinajstić information content (AvgIpc) is 2.84. The predicted molar refractivity (Wildman–Crippen MR) is 134 cm³/mol. The number of hydrogen-bond acceptors (Lipinski definition) is 4. The number of hydrogen-bond donors (Lipinski definition) is 4. The number of carboxylic acids is 4. The molecule has 0 fully saturated rings. The van der Waals surface area contributed by atoms with Crippen molar-refractivity contribution in [2.45, 2.75) is 26.2 Å². The zero-order valence-electron chi connectivity index (χ0n) is 19.1. The minimum absolute atomic E-state index is 0.0786. The highest BCUT2D eigenvalue weighted by Crippen LogP contribution is 2.45. The third-order valence-electron chi connectivity index (χ3n) is 6.81. The van der Waals surface area contributed by atoms with Gasteiger partial charge in [-0.3, -0.25) is 0 Å². The zero-order valence-corrected chi connectivity index (χ0v) is 19.1. The SMILES string of the molecule is CCCCc1cc(C(=O)O)c2c(C(=O)O)ccc3c4ccc(C(=O)O)c5c(C(=O)O)ccc(c1c23)c54. The van der Waals surface area contributed by atoms with Crippen LogP contribution in [0.1, 0.15) is 66.8 Å². The molecule has 0 spiro atoms. The molecule has 0 atom stereocenters. The fourth-order valence-corrected chi connectivity index (χ4v) is 5.35. The summed E-state index contributed by atoms with van der Waals surface area (Å²) in [5, 5.41) is 42.9. The molecule has 5 rings (SSSR count). The lowest BCUT2D eigenvalue weighted by Crippen LogP contribution is -2.08. The van der Waals surface area contributed by atoms with Gasteiger partial charge in [-0.05, 0) is 75.0 Å². The Morgan fingerprint density at radius 1 is 0.556 bits per heavy atom. The zero-order chi connectivity index (χ0) is 25.9. The molecule has 0 amide bonds. The van der Waals surface area contributed by atoms with E-state index in [2.05, 4.69) is 0 Å². The minimum atomic E-state index is -1.27. The highest BCUT2D eigenvalue weighted by molar-refractivity contribution is 6.38. The lowest BCUT2D eigenvalue weighted by Gasteiger charge is -2.21. The summed E-state index contributed by atoms with van der Waals surface area (Å²) in [6, 6.07) is 10.3. The molecule has 0 aliphatic heterocycles. The number of benzene rings is 5. The lowest BCUT2D eigenvalue weighted by atomic mass is 9.82. The average molecular weight is 484 g/mol. The second-order valence-electron chi connectivity index (χ2n) is 8.76. The maximum absolute atomic E-state index is 12.3. The molecule has 0 unspecified atom stereocenters. The van der Waals surface area contributed by atoms with Crippen molar-refractivity contribution >= 4 is 67.0 Å². The van der Waals surface area contributed by atoms with Crippen molar-refractivity contribution in [1.82, 2.24) is 0 Å². The highest BCUT2D eigenvalue weighted by atomic mass is 16.4. The van der Waals surface area contributed by atoms with E-state index in [-0.39, 0.29) is 33.0 Å². The van der Waals surface area contributed by atoms with Gasteiger partial charge in [0.1, 0.15) is 0 Å². The number of rotatable bonds is 7. The van der Waals surface area contributed by atoms with Gasteiger partial charge in [-0.2, -0.15) is 0 Å². The minimum Gasteiger partial charge on any atom is -0.478 e. The van der Waals surface area contributed by atoms with E-state index in [0.29, 0.717) is 44.3 Å². The Balaban J connectivity index is 2.18. The molecule has 0 saturated carbocycles. The summed E-state index contributed by atoms with van der Waals surface area (Å²) in [5.41, 5.74) is 0.0853. The number of unbranched alkanes of at least 4 members (excludes halogenated alkanes) is 1. The molecule has 0 bridgehead atoms. The number of carboxylic acid groups (broad SMARTS) is 4. The second-order valence-corrected chi connectivity index (χ2v) is 8.76. The number of fused-ring (bicyclic) bond motifs is 2. The van der Waals surface area contributed by atoms with Gasteiger partial charge in [-0.25, -0.2) is 19.2 Å². The number of aryl methyl sites for hydroxylation is 1. The third kappa shape index (κ3) is 3.15. The molecule has 5 aromatic carbocycles. The van der Waals surface area contributed by atoms with Gasteiger partial charge in [0.05, 0.1) is 22.3 Å². The van der Waals surface area contributed by atoms with Gasteiger partial charge in [-0.15, -0.1) is 0 Å². The van der Waals surface area contributed by atoms with Crippen molar-refractivity contribution in [3.63, 3.8) is 0 Å². The van der Waals surface area contributed by atoms with Crippen LogP contribution in [0.25, 0.3) is 43.1 Å². The van der Waals surface area contributed by atoms with Crippen LogP contribution in [0.4, 0.5) is 0 Å². The Bertz CT molecular complexity index is 1760. The lowest BCUT2D eigenvalue weighted by molar-refractivity contribution is 0.0681. The molecule has 4 N–H and O–H groups in total. The van der Waals surface area contributed by atoms with Gasteiger partial charge in [0.25, 0.3) is 0 Å². The second kappa shape index (κ2) is 8.20. The molecule has 8 nitrogen and oxygen atoms in total. The first kappa shape index (κ1) is 23.0. The third-order valence-corrected chi connectivity index (χ3v) is 6.81. The molecule has 8 heteroatoms. The summed E-state index contributed by atoms with van der Waals surface area (Å²) < 4.78 is 0. The standard InChI is InChI=1S/C28H20O8/c1-2-3-4-12-11-19(28(35)36)23-18(27(33)34)9-6-14-13-5-8-16(25(29)30)22-17(26(31)32)10-7-15(21(13)22)20(12)24(14)23/h5-11H,2-4H2,1H3,(H,29,30)(H,31,32)(H,33,34)(H,35,36). The van der Waals surface area contributed by atoms with Crippen molar-refractivity contribution in [3.8, 4) is 0 Å². The summed E-state index contributed by atoms with van der Waals surface area (Å²) in [6.45, 7) is 1.99. The monoisotopic (exact) mass is 484 g/mol. The van der Waals surface area contributed by atoms with Gasteiger partial charge in [0, 0.05) is 10.8 Å². The summed E-state index contributed by atoms with van der Waals surface area (Å²) in [6.07, 6.45) is 2.08. The Kier molecular flexibility index (Phi) is 5.25. The van der Waals surface area contributed by atoms with Crippen LogP contribution < -0.4 is 0 Å². The Labute approximate surface area is 203 Å². The van der Waals surface area contributed by atoms with Crippen molar-refractivity contribution in [3.05, 3.63) is 70.3 Å². The summed E-state index contributed by atoms with van der Waals surface area (Å²) >= 11 is 0. The summed E-state index contributed by atoms with van der Waals surface area (Å²) in [5.74, 6) is -5.07. The first-order chi connectivity index (χ1) is 17.2. The predicted octanol–water partition coefficient (Wildman–Crippen LogP) is 5.87. The van der Waals surface area contributed by atoms with Crippen LogP contribution in [0.15, 0.2) is 42.5 Å². The van der Waals surface area contributed by atoms with E-state index >= 15 is 0 Å². The Hall–Kier alpha value is -4.72. The quantitative estimate of drug-likeness (QED) is 0.165. The molecule has 36 heavy (non-hydrogen) atoms. The summed E-state index contributed by atoms with van der Waals surface area (Å²) in [7, 11) is 0. The first-order valence-corrected chi connectivity index (χ1v) is 11.3. The molecular weight excluding hydrogens is 464 g/mol. The largest absolute Gasteiger partial charge is 0.478 e. The van der Waals surface area contributed by atoms with Crippen LogP contribution in [0.5, 0.6) is 0 Å². The highest BCUT2D eigenvalue weighted by Gasteiger charge is 2.27. The fourth-order valence-electron chi connectivity index (χ4n) is 5.35.